The smallest absolute Gasteiger partial charge is 0.303 e. The first kappa shape index (κ1) is 25.8. The van der Waals surface area contributed by atoms with Crippen LogP contribution in [-0.4, -0.2) is 63.2 Å². The topological polar surface area (TPSA) is 89.5 Å². The van der Waals surface area contributed by atoms with Crippen LogP contribution >= 0.6 is 0 Å². The van der Waals surface area contributed by atoms with Gasteiger partial charge in [0.2, 0.25) is 0 Å². The summed E-state index contributed by atoms with van der Waals surface area (Å²) in [6.07, 6.45) is 0.292. The van der Waals surface area contributed by atoms with Crippen LogP contribution in [-0.2, 0) is 37.7 Å². The fraction of sp³-hybridized carbons (Fsp3) is 0.818. The molecule has 1 fully saturated rings. The van der Waals surface area contributed by atoms with E-state index in [1.165, 1.54) is 13.8 Å². The zero-order chi connectivity index (χ0) is 23.6. The zero-order valence-corrected chi connectivity index (χ0v) is 21.2. The van der Waals surface area contributed by atoms with Crippen molar-refractivity contribution in [3.63, 3.8) is 0 Å². The van der Waals surface area contributed by atoms with Gasteiger partial charge in [-0.15, -0.1) is 0 Å². The maximum atomic E-state index is 11.6. The molecule has 2 aliphatic rings. The molecule has 0 unspecified atom stereocenters. The predicted molar refractivity (Wildman–Crippen MR) is 117 cm³/mol. The minimum atomic E-state index is -2.06. The molecule has 0 spiro atoms. The molecular formula is C22H38O8Si. The molecule has 0 radical (unpaired) electrons. The molecule has 0 amide bonds. The van der Waals surface area contributed by atoms with Gasteiger partial charge in [0, 0.05) is 20.3 Å². The summed E-state index contributed by atoms with van der Waals surface area (Å²) < 4.78 is 35.4. The highest BCUT2D eigenvalue weighted by Crippen LogP contribution is 2.39. The Morgan fingerprint density at radius 1 is 1.00 bits per heavy atom. The summed E-state index contributed by atoms with van der Waals surface area (Å²) in [5.74, 6) is -0.911. The van der Waals surface area contributed by atoms with Gasteiger partial charge in [-0.2, -0.15) is 0 Å². The summed E-state index contributed by atoms with van der Waals surface area (Å²) in [6.45, 7) is 17.3. The third-order valence-electron chi connectivity index (χ3n) is 6.13. The molecule has 0 aromatic carbocycles. The summed E-state index contributed by atoms with van der Waals surface area (Å²) in [7, 11) is -2.06. The number of rotatable bonds is 6. The molecule has 9 heteroatoms. The maximum Gasteiger partial charge on any atom is 0.303 e. The van der Waals surface area contributed by atoms with Gasteiger partial charge >= 0.3 is 11.9 Å². The average molecular weight is 459 g/mol. The van der Waals surface area contributed by atoms with E-state index in [0.717, 1.165) is 0 Å². The number of esters is 2. The molecule has 0 aromatic heterocycles. The third-order valence-corrected chi connectivity index (χ3v) is 10.6. The van der Waals surface area contributed by atoms with Gasteiger partial charge in [0.25, 0.3) is 0 Å². The predicted octanol–water partition coefficient (Wildman–Crippen LogP) is 3.69. The van der Waals surface area contributed by atoms with E-state index in [4.69, 9.17) is 28.1 Å². The summed E-state index contributed by atoms with van der Waals surface area (Å²) in [6, 6.07) is 0. The first-order valence-corrected chi connectivity index (χ1v) is 13.8. The Labute approximate surface area is 186 Å². The molecule has 0 saturated carbocycles. The van der Waals surface area contributed by atoms with E-state index in [2.05, 4.69) is 33.9 Å². The zero-order valence-electron chi connectivity index (χ0n) is 20.2. The van der Waals surface area contributed by atoms with Gasteiger partial charge < -0.3 is 28.1 Å². The Balaban J connectivity index is 2.16. The quantitative estimate of drug-likeness (QED) is 0.440. The average Bonchev–Trinajstić information content (AvgIpc) is 2.59. The molecule has 0 bridgehead atoms. The molecule has 0 aliphatic carbocycles. The standard InChI is InChI=1S/C22H38O8Si/c1-13-20(17(10-11-25-13)30-31(8,9)22(5,6)7)29-19-12-18(27-15(3)23)21(14(2)26-19)28-16(4)24/h10-11,13-14,17-21H,12H2,1-9H3/t13-,14-,17+,18+,19+,20-,21-/m1/s1. The van der Waals surface area contributed by atoms with Crippen LogP contribution in [0.2, 0.25) is 18.1 Å². The molecule has 2 rings (SSSR count). The molecule has 0 aromatic rings. The highest BCUT2D eigenvalue weighted by molar-refractivity contribution is 6.74. The van der Waals surface area contributed by atoms with Crippen LogP contribution in [0.15, 0.2) is 12.3 Å². The minimum Gasteiger partial charge on any atom is -0.496 e. The third kappa shape index (κ3) is 6.78. The monoisotopic (exact) mass is 458 g/mol. The SMILES string of the molecule is CC(=O)O[C@H]1[C@@H](OC(C)=O)C[C@H](O[C@H]2[C@@H](O[Si](C)(C)C(C)(C)C)C=CO[C@@H]2C)O[C@@H]1C. The minimum absolute atomic E-state index is 0.0421. The van der Waals surface area contributed by atoms with Crippen molar-refractivity contribution in [2.75, 3.05) is 0 Å². The van der Waals surface area contributed by atoms with E-state index in [1.54, 1.807) is 13.2 Å². The van der Waals surface area contributed by atoms with Crippen LogP contribution in [0.5, 0.6) is 0 Å². The first-order chi connectivity index (χ1) is 14.2. The molecule has 8 nitrogen and oxygen atoms in total. The second kappa shape index (κ2) is 10.0. The van der Waals surface area contributed by atoms with Crippen LogP contribution in [0.25, 0.3) is 0 Å². The lowest BCUT2D eigenvalue weighted by molar-refractivity contribution is -0.281. The highest BCUT2D eigenvalue weighted by atomic mass is 28.4. The van der Waals surface area contributed by atoms with Crippen molar-refractivity contribution >= 4 is 20.3 Å². The van der Waals surface area contributed by atoms with Crippen molar-refractivity contribution in [1.82, 2.24) is 0 Å². The van der Waals surface area contributed by atoms with Gasteiger partial charge in [-0.1, -0.05) is 20.8 Å². The van der Waals surface area contributed by atoms with E-state index < -0.39 is 51.0 Å². The number of carbonyl (C=O) groups excluding carboxylic acids is 2. The van der Waals surface area contributed by atoms with Gasteiger partial charge in [0.05, 0.1) is 18.5 Å². The van der Waals surface area contributed by atoms with Crippen molar-refractivity contribution in [3.05, 3.63) is 12.3 Å². The fourth-order valence-electron chi connectivity index (χ4n) is 3.47. The number of ether oxygens (including phenoxy) is 5. The van der Waals surface area contributed by atoms with Crippen LogP contribution < -0.4 is 0 Å². The lowest BCUT2D eigenvalue weighted by Crippen LogP contribution is -2.55. The van der Waals surface area contributed by atoms with E-state index in [9.17, 15) is 9.59 Å². The molecule has 2 heterocycles. The van der Waals surface area contributed by atoms with Gasteiger partial charge in [0.1, 0.15) is 18.3 Å². The normalized spacial score (nSPS) is 34.0. The second-order valence-corrected chi connectivity index (χ2v) is 14.6. The maximum absolute atomic E-state index is 11.6. The van der Waals surface area contributed by atoms with Crippen molar-refractivity contribution < 1.29 is 37.7 Å². The number of hydrogen-bond donors (Lipinski definition) is 0. The fourth-order valence-corrected chi connectivity index (χ4v) is 4.71. The van der Waals surface area contributed by atoms with Gasteiger partial charge in [-0.3, -0.25) is 9.59 Å². The lowest BCUT2D eigenvalue weighted by Gasteiger charge is -2.45. The van der Waals surface area contributed by atoms with Crippen LogP contribution in [0.4, 0.5) is 0 Å². The van der Waals surface area contributed by atoms with Gasteiger partial charge in [0.15, 0.2) is 20.7 Å². The number of carbonyl (C=O) groups is 2. The van der Waals surface area contributed by atoms with Crippen molar-refractivity contribution in [3.8, 4) is 0 Å². The molecular weight excluding hydrogens is 420 g/mol. The Hall–Kier alpha value is -1.42. The second-order valence-electron chi connectivity index (χ2n) is 9.84. The Morgan fingerprint density at radius 2 is 1.61 bits per heavy atom. The molecule has 178 valence electrons. The summed E-state index contributed by atoms with van der Waals surface area (Å²) in [4.78, 5) is 23.1. The molecule has 7 atom stereocenters. The lowest BCUT2D eigenvalue weighted by atomic mass is 10.0. The Kier molecular flexibility index (Phi) is 8.35. The van der Waals surface area contributed by atoms with Gasteiger partial charge in [-0.05, 0) is 38.1 Å². The molecule has 1 saturated heterocycles. The van der Waals surface area contributed by atoms with Crippen molar-refractivity contribution in [1.29, 1.82) is 0 Å². The van der Waals surface area contributed by atoms with E-state index in [0.29, 0.717) is 0 Å². The van der Waals surface area contributed by atoms with Crippen LogP contribution in [0.3, 0.4) is 0 Å². The van der Waals surface area contributed by atoms with Crippen LogP contribution in [0, 0.1) is 0 Å². The summed E-state index contributed by atoms with van der Waals surface area (Å²) >= 11 is 0. The van der Waals surface area contributed by atoms with E-state index in [1.807, 2.05) is 13.0 Å². The Bertz CT molecular complexity index is 671. The Morgan fingerprint density at radius 3 is 2.16 bits per heavy atom. The summed E-state index contributed by atoms with van der Waals surface area (Å²) in [5, 5.41) is 0.0421. The van der Waals surface area contributed by atoms with Gasteiger partial charge in [-0.25, -0.2) is 0 Å². The number of hydrogen-bond acceptors (Lipinski definition) is 8. The van der Waals surface area contributed by atoms with Crippen molar-refractivity contribution in [2.24, 2.45) is 0 Å². The largest absolute Gasteiger partial charge is 0.496 e. The molecule has 2 aliphatic heterocycles. The van der Waals surface area contributed by atoms with Crippen LogP contribution in [0.1, 0.15) is 54.9 Å². The summed E-state index contributed by atoms with van der Waals surface area (Å²) in [5.41, 5.74) is 0. The van der Waals surface area contributed by atoms with Crippen molar-refractivity contribution in [2.45, 2.75) is 116 Å². The van der Waals surface area contributed by atoms with E-state index >= 15 is 0 Å². The highest BCUT2D eigenvalue weighted by Gasteiger charge is 2.46. The van der Waals surface area contributed by atoms with E-state index in [-0.39, 0.29) is 23.7 Å². The molecule has 31 heavy (non-hydrogen) atoms. The molecule has 0 N–H and O–H groups in total. The first-order valence-electron chi connectivity index (χ1n) is 10.9.